The van der Waals surface area contributed by atoms with Crippen LogP contribution in [0.3, 0.4) is 0 Å². The Morgan fingerprint density at radius 1 is 1.03 bits per heavy atom. The van der Waals surface area contributed by atoms with Crippen molar-refractivity contribution in [2.24, 2.45) is 5.92 Å². The first-order valence-electron chi connectivity index (χ1n) is 12.0. The first-order valence-corrected chi connectivity index (χ1v) is 12.0. The van der Waals surface area contributed by atoms with E-state index in [-0.39, 0.29) is 28.6 Å². The predicted octanol–water partition coefficient (Wildman–Crippen LogP) is 5.31. The standard InChI is InChI=1S/C30H30N2O4/c1-20(28(34)23-14-15-25(27(33)18-23)29(35)31-36)16-17-30(2,3)32-19-24-10-5-4-8-21(24)12-13-22-9-6-7-11-26(22)32/h4-11,14-15,18,20,33,36H,16-17,19H2,1-3H3,(H,31,35). The van der Waals surface area contributed by atoms with Gasteiger partial charge in [0, 0.05) is 34.7 Å². The van der Waals surface area contributed by atoms with Crippen LogP contribution in [0.4, 0.5) is 5.69 Å². The molecule has 3 aromatic carbocycles. The molecular weight excluding hydrogens is 452 g/mol. The predicted molar refractivity (Wildman–Crippen MR) is 139 cm³/mol. The van der Waals surface area contributed by atoms with Crippen LogP contribution in [0.5, 0.6) is 5.75 Å². The quantitative estimate of drug-likeness (QED) is 0.184. The Hall–Kier alpha value is -4.08. The maximum absolute atomic E-state index is 13.1. The van der Waals surface area contributed by atoms with Crippen LogP contribution in [0.15, 0.2) is 66.7 Å². The van der Waals surface area contributed by atoms with Gasteiger partial charge in [0.15, 0.2) is 5.78 Å². The summed E-state index contributed by atoms with van der Waals surface area (Å²) >= 11 is 0. The van der Waals surface area contributed by atoms with Gasteiger partial charge in [0.2, 0.25) is 0 Å². The molecule has 3 N–H and O–H groups in total. The van der Waals surface area contributed by atoms with Gasteiger partial charge in [0.1, 0.15) is 5.75 Å². The van der Waals surface area contributed by atoms with Gasteiger partial charge in [-0.25, -0.2) is 5.48 Å². The van der Waals surface area contributed by atoms with E-state index in [4.69, 9.17) is 5.21 Å². The number of para-hydroxylation sites is 1. The number of carbonyl (C=O) groups is 2. The molecule has 184 valence electrons. The zero-order valence-electron chi connectivity index (χ0n) is 20.7. The zero-order chi connectivity index (χ0) is 25.9. The summed E-state index contributed by atoms with van der Waals surface area (Å²) in [4.78, 5) is 27.1. The van der Waals surface area contributed by atoms with Crippen molar-refractivity contribution in [2.45, 2.75) is 45.7 Å². The number of anilines is 1. The number of hydrogen-bond acceptors (Lipinski definition) is 5. The molecule has 1 heterocycles. The van der Waals surface area contributed by atoms with Crippen molar-refractivity contribution < 1.29 is 19.9 Å². The average molecular weight is 483 g/mol. The largest absolute Gasteiger partial charge is 0.507 e. The summed E-state index contributed by atoms with van der Waals surface area (Å²) < 4.78 is 0. The Morgan fingerprint density at radius 2 is 1.69 bits per heavy atom. The number of fused-ring (bicyclic) bond motifs is 2. The van der Waals surface area contributed by atoms with E-state index in [1.54, 1.807) is 0 Å². The van der Waals surface area contributed by atoms with Gasteiger partial charge in [-0.3, -0.25) is 14.8 Å². The van der Waals surface area contributed by atoms with Gasteiger partial charge in [-0.05, 0) is 62.6 Å². The van der Waals surface area contributed by atoms with E-state index in [9.17, 15) is 14.7 Å². The molecule has 0 aliphatic carbocycles. The van der Waals surface area contributed by atoms with Crippen molar-refractivity contribution in [1.82, 2.24) is 5.48 Å². The van der Waals surface area contributed by atoms with Crippen LogP contribution in [0.2, 0.25) is 0 Å². The molecule has 1 atom stereocenters. The van der Waals surface area contributed by atoms with Crippen molar-refractivity contribution >= 4 is 17.4 Å². The van der Waals surface area contributed by atoms with Crippen molar-refractivity contribution in [3.8, 4) is 17.6 Å². The van der Waals surface area contributed by atoms with Gasteiger partial charge in [-0.1, -0.05) is 55.2 Å². The molecule has 0 aromatic heterocycles. The fraction of sp³-hybridized carbons (Fsp3) is 0.267. The lowest BCUT2D eigenvalue weighted by atomic mass is 9.86. The highest BCUT2D eigenvalue weighted by Gasteiger charge is 2.31. The summed E-state index contributed by atoms with van der Waals surface area (Å²) in [5.41, 5.74) is 5.68. The third kappa shape index (κ3) is 5.12. The summed E-state index contributed by atoms with van der Waals surface area (Å²) in [5.74, 6) is 5.07. The van der Waals surface area contributed by atoms with Crippen molar-refractivity contribution in [3.05, 3.63) is 94.5 Å². The zero-order valence-corrected chi connectivity index (χ0v) is 20.7. The third-order valence-electron chi connectivity index (χ3n) is 6.87. The molecule has 36 heavy (non-hydrogen) atoms. The number of ketones is 1. The average Bonchev–Trinajstić information content (AvgIpc) is 2.87. The van der Waals surface area contributed by atoms with E-state index in [0.717, 1.165) is 23.2 Å². The van der Waals surface area contributed by atoms with Gasteiger partial charge < -0.3 is 10.0 Å². The fourth-order valence-corrected chi connectivity index (χ4v) is 4.58. The van der Waals surface area contributed by atoms with Crippen molar-refractivity contribution in [1.29, 1.82) is 0 Å². The van der Waals surface area contributed by atoms with Gasteiger partial charge >= 0.3 is 0 Å². The Bertz CT molecular complexity index is 1370. The molecule has 6 nitrogen and oxygen atoms in total. The second kappa shape index (κ2) is 10.3. The summed E-state index contributed by atoms with van der Waals surface area (Å²) in [7, 11) is 0. The first-order chi connectivity index (χ1) is 17.2. The Labute approximate surface area is 211 Å². The van der Waals surface area contributed by atoms with Crippen LogP contribution in [-0.2, 0) is 6.54 Å². The lowest BCUT2D eigenvalue weighted by Gasteiger charge is -2.42. The molecule has 1 unspecified atom stereocenters. The van der Waals surface area contributed by atoms with E-state index in [1.807, 2.05) is 43.3 Å². The van der Waals surface area contributed by atoms with Gasteiger partial charge in [-0.2, -0.15) is 0 Å². The van der Waals surface area contributed by atoms with Crippen LogP contribution < -0.4 is 10.4 Å². The number of nitrogens with zero attached hydrogens (tertiary/aromatic N) is 1. The van der Waals surface area contributed by atoms with Gasteiger partial charge in [0.05, 0.1) is 11.3 Å². The number of rotatable bonds is 7. The highest BCUT2D eigenvalue weighted by Crippen LogP contribution is 2.35. The smallest absolute Gasteiger partial charge is 0.278 e. The summed E-state index contributed by atoms with van der Waals surface area (Å²) in [5, 5.41) is 18.9. The minimum absolute atomic E-state index is 0.0954. The minimum atomic E-state index is -0.832. The topological polar surface area (TPSA) is 89.9 Å². The molecule has 4 rings (SSSR count). The third-order valence-corrected chi connectivity index (χ3v) is 6.87. The molecular formula is C30H30N2O4. The molecule has 3 aromatic rings. The number of benzene rings is 3. The first kappa shape index (κ1) is 25.0. The van der Waals surface area contributed by atoms with E-state index in [0.29, 0.717) is 18.5 Å². The van der Waals surface area contributed by atoms with Crippen LogP contribution in [0.1, 0.15) is 71.0 Å². The summed E-state index contributed by atoms with van der Waals surface area (Å²) in [6.45, 7) is 6.96. The lowest BCUT2D eigenvalue weighted by molar-refractivity contribution is 0.0703. The van der Waals surface area contributed by atoms with Gasteiger partial charge in [0.25, 0.3) is 5.91 Å². The Kier molecular flexibility index (Phi) is 7.14. The van der Waals surface area contributed by atoms with E-state index in [2.05, 4.69) is 42.7 Å². The number of hydrogen-bond donors (Lipinski definition) is 3. The summed E-state index contributed by atoms with van der Waals surface area (Å²) in [6, 6.07) is 20.5. The van der Waals surface area contributed by atoms with Crippen LogP contribution in [-0.4, -0.2) is 27.5 Å². The monoisotopic (exact) mass is 482 g/mol. The number of hydroxylamine groups is 1. The molecule has 0 radical (unpaired) electrons. The highest BCUT2D eigenvalue weighted by molar-refractivity contribution is 6.01. The number of phenolic OH excluding ortho intramolecular Hbond substituents is 1. The molecule has 1 amide bonds. The Balaban J connectivity index is 1.54. The van der Waals surface area contributed by atoms with E-state index < -0.39 is 5.91 Å². The van der Waals surface area contributed by atoms with Crippen molar-refractivity contribution in [3.63, 3.8) is 0 Å². The van der Waals surface area contributed by atoms with Crippen LogP contribution in [0, 0.1) is 17.8 Å². The molecule has 0 bridgehead atoms. The number of carbonyl (C=O) groups excluding carboxylic acids is 2. The summed E-state index contributed by atoms with van der Waals surface area (Å²) in [6.07, 6.45) is 1.39. The maximum Gasteiger partial charge on any atom is 0.278 e. The molecule has 1 aliphatic heterocycles. The number of Topliss-reactive ketones (excluding diaryl/α,β-unsaturated/α-hetero) is 1. The molecule has 0 saturated heterocycles. The van der Waals surface area contributed by atoms with E-state index >= 15 is 0 Å². The highest BCUT2D eigenvalue weighted by atomic mass is 16.5. The minimum Gasteiger partial charge on any atom is -0.507 e. The molecule has 1 aliphatic rings. The SMILES string of the molecule is CC(CCC(C)(C)N1Cc2ccccc2C#Cc2ccccc21)C(=O)c1ccc(C(=O)NO)c(O)c1. The number of amides is 1. The molecule has 0 spiro atoms. The molecule has 0 fully saturated rings. The maximum atomic E-state index is 13.1. The molecule has 6 heteroatoms. The van der Waals surface area contributed by atoms with Gasteiger partial charge in [-0.15, -0.1) is 0 Å². The number of phenols is 1. The number of aromatic hydroxyl groups is 1. The lowest BCUT2D eigenvalue weighted by Crippen LogP contribution is -2.44. The van der Waals surface area contributed by atoms with Crippen molar-refractivity contribution in [2.75, 3.05) is 4.90 Å². The second-order valence-electron chi connectivity index (χ2n) is 9.80. The van der Waals surface area contributed by atoms with Crippen LogP contribution in [0.25, 0.3) is 0 Å². The normalized spacial score (nSPS) is 13.3. The Morgan fingerprint density at radius 3 is 2.42 bits per heavy atom. The fourth-order valence-electron chi connectivity index (χ4n) is 4.58. The van der Waals surface area contributed by atoms with Crippen LogP contribution >= 0.6 is 0 Å². The molecule has 0 saturated carbocycles. The number of nitrogens with one attached hydrogen (secondary N) is 1. The van der Waals surface area contributed by atoms with E-state index in [1.165, 1.54) is 29.2 Å². The second-order valence-corrected chi connectivity index (χ2v) is 9.80.